The van der Waals surface area contributed by atoms with E-state index in [1.54, 1.807) is 0 Å². The molecule has 0 atom stereocenters. The molecular formula is C25H52O7Si. The fourth-order valence-electron chi connectivity index (χ4n) is 3.04. The second kappa shape index (κ2) is 24.6. The molecule has 0 aromatic heterocycles. The highest BCUT2D eigenvalue weighted by Gasteiger charge is 2.13. The van der Waals surface area contributed by atoms with Crippen molar-refractivity contribution in [1.29, 1.82) is 0 Å². The molecule has 8 heteroatoms. The van der Waals surface area contributed by atoms with Crippen LogP contribution in [0.5, 0.6) is 0 Å². The smallest absolute Gasteiger partial charge is 0.305 e. The highest BCUT2D eigenvalue weighted by molar-refractivity contribution is 6.69. The number of hydrogen-bond acceptors (Lipinski definition) is 7. The Labute approximate surface area is 204 Å². The Morgan fingerprint density at radius 3 is 1.39 bits per heavy atom. The van der Waals surface area contributed by atoms with Crippen molar-refractivity contribution < 1.29 is 32.9 Å². The Bertz CT molecular complexity index is 416. The molecule has 0 aliphatic carbocycles. The van der Waals surface area contributed by atoms with Crippen molar-refractivity contribution in [2.24, 2.45) is 0 Å². The van der Waals surface area contributed by atoms with Crippen LogP contribution in [0, 0.1) is 0 Å². The van der Waals surface area contributed by atoms with Crippen LogP contribution in [-0.2, 0) is 32.9 Å². The van der Waals surface area contributed by atoms with Crippen LogP contribution in [0.25, 0.3) is 0 Å². The summed E-state index contributed by atoms with van der Waals surface area (Å²) < 4.78 is 32.7. The third kappa shape index (κ3) is 29.5. The Kier molecular flexibility index (Phi) is 24.2. The van der Waals surface area contributed by atoms with Crippen molar-refractivity contribution in [3.8, 4) is 0 Å². The first kappa shape index (κ1) is 32.5. The predicted octanol–water partition coefficient (Wildman–Crippen LogP) is 5.37. The lowest BCUT2D eigenvalue weighted by Crippen LogP contribution is -2.27. The molecule has 0 saturated carbocycles. The van der Waals surface area contributed by atoms with Gasteiger partial charge in [0, 0.05) is 6.42 Å². The van der Waals surface area contributed by atoms with Gasteiger partial charge in [-0.2, -0.15) is 0 Å². The molecule has 0 heterocycles. The number of rotatable bonds is 26. The molecule has 0 aromatic rings. The average Bonchev–Trinajstić information content (AvgIpc) is 2.77. The number of ether oxygens (including phenoxy) is 5. The normalized spacial score (nSPS) is 11.8. The summed E-state index contributed by atoms with van der Waals surface area (Å²) >= 11 is 0. The third-order valence-corrected chi connectivity index (χ3v) is 5.92. The standard InChI is InChI=1S/C25H52O7Si/c1-5-6-7-8-9-10-11-12-13-14-25(26)31-23-21-29-19-17-27-15-16-28-18-20-30-22-24-32-33(2,3)4/h5-24H2,1-4H3. The van der Waals surface area contributed by atoms with Gasteiger partial charge in [0.1, 0.15) is 6.61 Å². The first-order valence-electron chi connectivity index (χ1n) is 13.1. The molecule has 0 amide bonds. The molecule has 0 unspecified atom stereocenters. The molecule has 0 spiro atoms. The van der Waals surface area contributed by atoms with Crippen LogP contribution in [0.2, 0.25) is 19.6 Å². The van der Waals surface area contributed by atoms with Gasteiger partial charge in [-0.05, 0) is 26.1 Å². The molecule has 198 valence electrons. The Morgan fingerprint density at radius 1 is 0.545 bits per heavy atom. The Hall–Kier alpha value is -0.513. The maximum absolute atomic E-state index is 11.7. The van der Waals surface area contributed by atoms with Gasteiger partial charge in [0.25, 0.3) is 0 Å². The SMILES string of the molecule is CCCCCCCCCCCC(=O)OCCOCCOCCOCCOCCO[Si](C)(C)C. The maximum atomic E-state index is 11.7. The molecule has 33 heavy (non-hydrogen) atoms. The van der Waals surface area contributed by atoms with Gasteiger partial charge in [0.15, 0.2) is 8.32 Å². The van der Waals surface area contributed by atoms with E-state index in [0.29, 0.717) is 72.5 Å². The zero-order valence-electron chi connectivity index (χ0n) is 22.0. The topological polar surface area (TPSA) is 72.5 Å². The summed E-state index contributed by atoms with van der Waals surface area (Å²) in [7, 11) is -1.44. The summed E-state index contributed by atoms with van der Waals surface area (Å²) in [4.78, 5) is 11.7. The number of carbonyl (C=O) groups excluding carboxylic acids is 1. The molecule has 0 N–H and O–H groups in total. The number of hydrogen-bond donors (Lipinski definition) is 0. The number of esters is 1. The third-order valence-electron chi connectivity index (χ3n) is 4.85. The molecule has 0 aliphatic heterocycles. The molecule has 0 saturated heterocycles. The zero-order chi connectivity index (χ0) is 24.5. The van der Waals surface area contributed by atoms with Crippen LogP contribution >= 0.6 is 0 Å². The van der Waals surface area contributed by atoms with Crippen LogP contribution in [0.15, 0.2) is 0 Å². The minimum Gasteiger partial charge on any atom is -0.463 e. The Balaban J connectivity index is 3.16. The van der Waals surface area contributed by atoms with Crippen LogP contribution in [0.1, 0.15) is 71.1 Å². The lowest BCUT2D eigenvalue weighted by atomic mass is 10.1. The van der Waals surface area contributed by atoms with Crippen LogP contribution < -0.4 is 0 Å². The minimum absolute atomic E-state index is 0.123. The maximum Gasteiger partial charge on any atom is 0.305 e. The summed E-state index contributed by atoms with van der Waals surface area (Å²) in [6.07, 6.45) is 11.7. The minimum atomic E-state index is -1.44. The van der Waals surface area contributed by atoms with Gasteiger partial charge in [-0.1, -0.05) is 58.3 Å². The fourth-order valence-corrected chi connectivity index (χ4v) is 3.73. The molecule has 0 aliphatic rings. The summed E-state index contributed by atoms with van der Waals surface area (Å²) in [5.41, 5.74) is 0. The molecule has 0 rings (SSSR count). The molecule has 7 nitrogen and oxygen atoms in total. The van der Waals surface area contributed by atoms with Crippen LogP contribution in [0.4, 0.5) is 0 Å². The second-order valence-electron chi connectivity index (χ2n) is 9.21. The van der Waals surface area contributed by atoms with Crippen molar-refractivity contribution in [2.45, 2.75) is 90.8 Å². The molecular weight excluding hydrogens is 440 g/mol. The highest BCUT2D eigenvalue weighted by atomic mass is 28.4. The van der Waals surface area contributed by atoms with E-state index in [9.17, 15) is 4.79 Å². The quantitative estimate of drug-likeness (QED) is 0.0913. The van der Waals surface area contributed by atoms with Gasteiger partial charge in [-0.3, -0.25) is 4.79 Å². The zero-order valence-corrected chi connectivity index (χ0v) is 23.0. The second-order valence-corrected chi connectivity index (χ2v) is 13.7. The molecule has 0 fully saturated rings. The van der Waals surface area contributed by atoms with Gasteiger partial charge in [0.2, 0.25) is 0 Å². The van der Waals surface area contributed by atoms with Gasteiger partial charge >= 0.3 is 5.97 Å². The summed E-state index contributed by atoms with van der Waals surface area (Å²) in [5.74, 6) is -0.123. The van der Waals surface area contributed by atoms with Gasteiger partial charge in [-0.25, -0.2) is 0 Å². The monoisotopic (exact) mass is 492 g/mol. The first-order valence-corrected chi connectivity index (χ1v) is 16.5. The van der Waals surface area contributed by atoms with Gasteiger partial charge < -0.3 is 28.1 Å². The summed E-state index contributed by atoms with van der Waals surface area (Å²) in [5, 5.41) is 0. The molecule has 0 bridgehead atoms. The lowest BCUT2D eigenvalue weighted by molar-refractivity contribution is -0.145. The van der Waals surface area contributed by atoms with Crippen molar-refractivity contribution in [3.05, 3.63) is 0 Å². The number of carbonyl (C=O) groups is 1. The average molecular weight is 493 g/mol. The first-order chi connectivity index (χ1) is 16.0. The summed E-state index contributed by atoms with van der Waals surface area (Å²) in [6.45, 7) is 13.9. The van der Waals surface area contributed by atoms with Crippen molar-refractivity contribution in [3.63, 3.8) is 0 Å². The van der Waals surface area contributed by atoms with Crippen molar-refractivity contribution in [1.82, 2.24) is 0 Å². The molecule has 0 aromatic carbocycles. The lowest BCUT2D eigenvalue weighted by Gasteiger charge is -2.16. The highest BCUT2D eigenvalue weighted by Crippen LogP contribution is 2.10. The fraction of sp³-hybridized carbons (Fsp3) is 0.960. The van der Waals surface area contributed by atoms with E-state index >= 15 is 0 Å². The summed E-state index contributed by atoms with van der Waals surface area (Å²) in [6, 6.07) is 0. The van der Waals surface area contributed by atoms with Gasteiger partial charge in [0.05, 0.1) is 59.5 Å². The van der Waals surface area contributed by atoms with E-state index in [-0.39, 0.29) is 5.97 Å². The van der Waals surface area contributed by atoms with Crippen LogP contribution in [-0.4, -0.2) is 80.4 Å². The van der Waals surface area contributed by atoms with E-state index in [2.05, 4.69) is 26.6 Å². The van der Waals surface area contributed by atoms with Crippen molar-refractivity contribution >= 4 is 14.3 Å². The van der Waals surface area contributed by atoms with E-state index < -0.39 is 8.32 Å². The van der Waals surface area contributed by atoms with E-state index in [1.165, 1.54) is 44.9 Å². The van der Waals surface area contributed by atoms with E-state index in [0.717, 1.165) is 12.8 Å². The van der Waals surface area contributed by atoms with E-state index in [1.807, 2.05) is 0 Å². The number of unbranched alkanes of at least 4 members (excludes halogenated alkanes) is 8. The molecule has 0 radical (unpaired) electrons. The van der Waals surface area contributed by atoms with Crippen LogP contribution in [0.3, 0.4) is 0 Å². The largest absolute Gasteiger partial charge is 0.463 e. The predicted molar refractivity (Wildman–Crippen MR) is 135 cm³/mol. The van der Waals surface area contributed by atoms with Crippen molar-refractivity contribution in [2.75, 3.05) is 66.1 Å². The van der Waals surface area contributed by atoms with Gasteiger partial charge in [-0.15, -0.1) is 0 Å². The Morgan fingerprint density at radius 2 is 0.939 bits per heavy atom. The van der Waals surface area contributed by atoms with E-state index in [4.69, 9.17) is 28.1 Å².